The van der Waals surface area contributed by atoms with Crippen LogP contribution in [0.15, 0.2) is 35.4 Å². The van der Waals surface area contributed by atoms with Crippen LogP contribution < -0.4 is 10.3 Å². The molecule has 7 heteroatoms. The van der Waals surface area contributed by atoms with E-state index in [2.05, 4.69) is 25.4 Å². The highest BCUT2D eigenvalue weighted by molar-refractivity contribution is 5.99. The van der Waals surface area contributed by atoms with Crippen molar-refractivity contribution in [2.24, 2.45) is 5.10 Å². The van der Waals surface area contributed by atoms with Crippen molar-refractivity contribution in [1.82, 2.24) is 9.97 Å². The molecule has 1 fully saturated rings. The maximum atomic E-state index is 13.0. The molecule has 6 nitrogen and oxygen atoms in total. The lowest BCUT2D eigenvalue weighted by Gasteiger charge is -2.28. The fraction of sp³-hybridized carbons (Fsp3) is 0.353. The van der Waals surface area contributed by atoms with Gasteiger partial charge in [0.25, 0.3) is 0 Å². The zero-order chi connectivity index (χ0) is 16.9. The van der Waals surface area contributed by atoms with Gasteiger partial charge in [0, 0.05) is 19.2 Å². The van der Waals surface area contributed by atoms with Crippen LogP contribution in [0.3, 0.4) is 0 Å². The number of hydrogen-bond donors (Lipinski definition) is 1. The molecule has 0 saturated carbocycles. The second-order valence-corrected chi connectivity index (χ2v) is 5.57. The third kappa shape index (κ3) is 4.05. The SMILES string of the molecule is CC(=NNc1cc(N2CCOCC2)nc(C)n1)c1ccc(F)cc1. The summed E-state index contributed by atoms with van der Waals surface area (Å²) in [5, 5.41) is 4.33. The van der Waals surface area contributed by atoms with Gasteiger partial charge in [-0.2, -0.15) is 5.10 Å². The number of hydrogen-bond acceptors (Lipinski definition) is 6. The summed E-state index contributed by atoms with van der Waals surface area (Å²) in [5.41, 5.74) is 4.56. The van der Waals surface area contributed by atoms with Crippen LogP contribution in [0.2, 0.25) is 0 Å². The number of benzene rings is 1. The van der Waals surface area contributed by atoms with Gasteiger partial charge in [-0.3, -0.25) is 5.43 Å². The third-order valence-corrected chi connectivity index (χ3v) is 3.76. The molecular formula is C17H20FN5O. The number of aromatic nitrogens is 2. The van der Waals surface area contributed by atoms with E-state index in [4.69, 9.17) is 4.74 Å². The van der Waals surface area contributed by atoms with Crippen molar-refractivity contribution in [2.45, 2.75) is 13.8 Å². The summed E-state index contributed by atoms with van der Waals surface area (Å²) in [7, 11) is 0. The fourth-order valence-electron chi connectivity index (χ4n) is 2.46. The Kier molecular flexibility index (Phi) is 5.00. The van der Waals surface area contributed by atoms with Crippen molar-refractivity contribution in [2.75, 3.05) is 36.6 Å². The van der Waals surface area contributed by atoms with Gasteiger partial charge in [-0.1, -0.05) is 12.1 Å². The summed E-state index contributed by atoms with van der Waals surface area (Å²) in [5.74, 6) is 1.91. The molecule has 3 rings (SSSR count). The molecule has 1 aliphatic heterocycles. The molecule has 0 aliphatic carbocycles. The van der Waals surface area contributed by atoms with Crippen molar-refractivity contribution >= 4 is 17.3 Å². The summed E-state index contributed by atoms with van der Waals surface area (Å²) in [4.78, 5) is 11.0. The average Bonchev–Trinajstić information content (AvgIpc) is 2.60. The zero-order valence-corrected chi connectivity index (χ0v) is 13.8. The lowest BCUT2D eigenvalue weighted by atomic mass is 10.1. The second-order valence-electron chi connectivity index (χ2n) is 5.57. The number of halogens is 1. The molecule has 0 unspecified atom stereocenters. The number of rotatable bonds is 4. The van der Waals surface area contributed by atoms with E-state index in [-0.39, 0.29) is 5.82 Å². The van der Waals surface area contributed by atoms with E-state index in [1.54, 1.807) is 12.1 Å². The Hall–Kier alpha value is -2.54. The predicted octanol–water partition coefficient (Wildman–Crippen LogP) is 2.60. The zero-order valence-electron chi connectivity index (χ0n) is 13.8. The normalized spacial score (nSPS) is 15.5. The van der Waals surface area contributed by atoms with Gasteiger partial charge in [0.2, 0.25) is 0 Å². The number of anilines is 2. The van der Waals surface area contributed by atoms with Crippen LogP contribution in [0.1, 0.15) is 18.3 Å². The molecule has 2 aromatic rings. The van der Waals surface area contributed by atoms with Crippen LogP contribution in [0.5, 0.6) is 0 Å². The molecule has 24 heavy (non-hydrogen) atoms. The van der Waals surface area contributed by atoms with Crippen molar-refractivity contribution in [3.63, 3.8) is 0 Å². The van der Waals surface area contributed by atoms with Gasteiger partial charge in [-0.15, -0.1) is 0 Å². The average molecular weight is 329 g/mol. The molecule has 0 atom stereocenters. The first-order valence-electron chi connectivity index (χ1n) is 7.86. The fourth-order valence-corrected chi connectivity index (χ4v) is 2.46. The maximum absolute atomic E-state index is 13.0. The largest absolute Gasteiger partial charge is 0.378 e. The highest BCUT2D eigenvalue weighted by Crippen LogP contribution is 2.17. The standard InChI is InChI=1S/C17H20FN5O/c1-12(14-3-5-15(18)6-4-14)21-22-16-11-17(20-13(2)19-16)23-7-9-24-10-8-23/h3-6,11H,7-10H2,1-2H3,(H,19,20,22). The molecule has 1 saturated heterocycles. The second kappa shape index (κ2) is 7.35. The van der Waals surface area contributed by atoms with Crippen molar-refractivity contribution < 1.29 is 9.13 Å². The van der Waals surface area contributed by atoms with Crippen molar-refractivity contribution in [1.29, 1.82) is 0 Å². The Morgan fingerprint density at radius 3 is 2.62 bits per heavy atom. The summed E-state index contributed by atoms with van der Waals surface area (Å²) >= 11 is 0. The molecule has 2 heterocycles. The van der Waals surface area contributed by atoms with E-state index in [9.17, 15) is 4.39 Å². The van der Waals surface area contributed by atoms with Crippen LogP contribution in [0.25, 0.3) is 0 Å². The Balaban J connectivity index is 1.75. The molecule has 1 aromatic heterocycles. The smallest absolute Gasteiger partial charge is 0.152 e. The van der Waals surface area contributed by atoms with E-state index in [1.165, 1.54) is 12.1 Å². The number of hydrazone groups is 1. The van der Waals surface area contributed by atoms with Crippen LogP contribution in [-0.4, -0.2) is 42.0 Å². The minimum Gasteiger partial charge on any atom is -0.378 e. The number of morpholine rings is 1. The van der Waals surface area contributed by atoms with Crippen molar-refractivity contribution in [3.05, 3.63) is 47.5 Å². The van der Waals surface area contributed by atoms with Gasteiger partial charge in [-0.05, 0) is 31.5 Å². The molecule has 0 bridgehead atoms. The minimum absolute atomic E-state index is 0.263. The molecule has 1 N–H and O–H groups in total. The minimum atomic E-state index is -0.263. The van der Waals surface area contributed by atoms with Crippen LogP contribution in [0.4, 0.5) is 16.0 Å². The lowest BCUT2D eigenvalue weighted by molar-refractivity contribution is 0.122. The number of nitrogens with one attached hydrogen (secondary N) is 1. The van der Waals surface area contributed by atoms with E-state index < -0.39 is 0 Å². The van der Waals surface area contributed by atoms with Gasteiger partial charge < -0.3 is 9.64 Å². The van der Waals surface area contributed by atoms with Gasteiger partial charge in [-0.25, -0.2) is 14.4 Å². The van der Waals surface area contributed by atoms with Gasteiger partial charge in [0.1, 0.15) is 17.5 Å². The predicted molar refractivity (Wildman–Crippen MR) is 92.0 cm³/mol. The number of nitrogens with zero attached hydrogens (tertiary/aromatic N) is 4. The lowest BCUT2D eigenvalue weighted by Crippen LogP contribution is -2.36. The monoisotopic (exact) mass is 329 g/mol. The van der Waals surface area contributed by atoms with Gasteiger partial charge in [0.15, 0.2) is 5.82 Å². The first kappa shape index (κ1) is 16.3. The van der Waals surface area contributed by atoms with Gasteiger partial charge in [0.05, 0.1) is 18.9 Å². The molecular weight excluding hydrogens is 309 g/mol. The Labute approximate surface area is 140 Å². The van der Waals surface area contributed by atoms with Crippen LogP contribution in [0, 0.1) is 12.7 Å². The Morgan fingerprint density at radius 2 is 1.92 bits per heavy atom. The summed E-state index contributed by atoms with van der Waals surface area (Å²) in [6, 6.07) is 8.10. The first-order chi connectivity index (χ1) is 11.6. The molecule has 0 radical (unpaired) electrons. The van der Waals surface area contributed by atoms with Gasteiger partial charge >= 0.3 is 0 Å². The van der Waals surface area contributed by atoms with Crippen LogP contribution in [-0.2, 0) is 4.74 Å². The van der Waals surface area contributed by atoms with Crippen molar-refractivity contribution in [3.8, 4) is 0 Å². The molecule has 126 valence electrons. The number of aryl methyl sites for hydroxylation is 1. The molecule has 1 aromatic carbocycles. The van der Waals surface area contributed by atoms with E-state index >= 15 is 0 Å². The molecule has 1 aliphatic rings. The summed E-state index contributed by atoms with van der Waals surface area (Å²) in [6.07, 6.45) is 0. The Bertz CT molecular complexity index is 726. The molecule has 0 amide bonds. The van der Waals surface area contributed by atoms with E-state index in [1.807, 2.05) is 19.9 Å². The first-order valence-corrected chi connectivity index (χ1v) is 7.86. The summed E-state index contributed by atoms with van der Waals surface area (Å²) in [6.45, 7) is 6.74. The topological polar surface area (TPSA) is 62.6 Å². The number of ether oxygens (including phenoxy) is 1. The molecule has 0 spiro atoms. The van der Waals surface area contributed by atoms with Crippen LogP contribution >= 0.6 is 0 Å². The maximum Gasteiger partial charge on any atom is 0.152 e. The highest BCUT2D eigenvalue weighted by Gasteiger charge is 2.14. The highest BCUT2D eigenvalue weighted by atomic mass is 19.1. The third-order valence-electron chi connectivity index (χ3n) is 3.76. The Morgan fingerprint density at radius 1 is 1.21 bits per heavy atom. The summed E-state index contributed by atoms with van der Waals surface area (Å²) < 4.78 is 18.3. The quantitative estimate of drug-likeness (QED) is 0.690. The van der Waals surface area contributed by atoms with E-state index in [0.29, 0.717) is 24.9 Å². The van der Waals surface area contributed by atoms with E-state index in [0.717, 1.165) is 30.2 Å².